The number of carbonyl (C=O) groups is 1. The van der Waals surface area contributed by atoms with Gasteiger partial charge in [0.25, 0.3) is 5.91 Å². The Morgan fingerprint density at radius 2 is 2.00 bits per heavy atom. The summed E-state index contributed by atoms with van der Waals surface area (Å²) in [6.07, 6.45) is -0.760. The molecule has 1 aliphatic rings. The summed E-state index contributed by atoms with van der Waals surface area (Å²) >= 11 is 0. The van der Waals surface area contributed by atoms with Crippen molar-refractivity contribution in [3.05, 3.63) is 53.8 Å². The zero-order chi connectivity index (χ0) is 14.8. The summed E-state index contributed by atoms with van der Waals surface area (Å²) in [6, 6.07) is 11.7. The maximum atomic E-state index is 13.5. The highest BCUT2D eigenvalue weighted by atomic mass is 19.1. The van der Waals surface area contributed by atoms with Crippen LogP contribution < -0.4 is 14.8 Å². The summed E-state index contributed by atoms with van der Waals surface area (Å²) in [5.41, 5.74) is 0.921. The molecule has 0 saturated carbocycles. The van der Waals surface area contributed by atoms with Gasteiger partial charge in [-0.2, -0.15) is 0 Å². The first-order valence-corrected chi connectivity index (χ1v) is 6.59. The second-order valence-corrected chi connectivity index (χ2v) is 4.82. The molecule has 0 radical (unpaired) electrons. The molecule has 108 valence electrons. The van der Waals surface area contributed by atoms with Crippen molar-refractivity contribution in [3.63, 3.8) is 0 Å². The molecule has 1 amide bonds. The average molecular weight is 287 g/mol. The quantitative estimate of drug-likeness (QED) is 0.924. The van der Waals surface area contributed by atoms with Gasteiger partial charge in [-0.15, -0.1) is 0 Å². The summed E-state index contributed by atoms with van der Waals surface area (Å²) < 4.78 is 24.5. The van der Waals surface area contributed by atoms with Crippen LogP contribution in [0.1, 0.15) is 5.56 Å². The van der Waals surface area contributed by atoms with E-state index in [0.717, 1.165) is 0 Å². The van der Waals surface area contributed by atoms with E-state index in [-0.39, 0.29) is 18.3 Å². The van der Waals surface area contributed by atoms with Crippen LogP contribution in [0.5, 0.6) is 11.5 Å². The molecule has 0 bridgehead atoms. The molecule has 3 rings (SSSR count). The number of carbonyl (C=O) groups excluding carboxylic acids is 1. The summed E-state index contributed by atoms with van der Waals surface area (Å²) in [5.74, 6) is 0.411. The topological polar surface area (TPSA) is 47.6 Å². The van der Waals surface area contributed by atoms with Gasteiger partial charge in [-0.25, -0.2) is 4.39 Å². The molecule has 0 unspecified atom stereocenters. The van der Waals surface area contributed by atoms with Gasteiger partial charge < -0.3 is 14.8 Å². The lowest BCUT2D eigenvalue weighted by molar-refractivity contribution is -0.125. The lowest BCUT2D eigenvalue weighted by Crippen LogP contribution is -2.40. The number of anilines is 1. The van der Waals surface area contributed by atoms with Gasteiger partial charge in [-0.3, -0.25) is 4.79 Å². The van der Waals surface area contributed by atoms with Gasteiger partial charge in [-0.1, -0.05) is 18.2 Å². The van der Waals surface area contributed by atoms with Gasteiger partial charge in [0.2, 0.25) is 6.10 Å². The van der Waals surface area contributed by atoms with Crippen LogP contribution in [0.15, 0.2) is 42.5 Å². The molecular weight excluding hydrogens is 273 g/mol. The molecular formula is C16H14FNO3. The van der Waals surface area contributed by atoms with Crippen molar-refractivity contribution < 1.29 is 18.7 Å². The average Bonchev–Trinajstić information content (AvgIpc) is 2.50. The fraction of sp³-hybridized carbons (Fsp3) is 0.188. The molecule has 1 heterocycles. The smallest absolute Gasteiger partial charge is 0.269 e. The van der Waals surface area contributed by atoms with Crippen LogP contribution >= 0.6 is 0 Å². The molecule has 5 heteroatoms. The van der Waals surface area contributed by atoms with Crippen LogP contribution in [0.2, 0.25) is 0 Å². The number of ether oxygens (including phenoxy) is 2. The zero-order valence-corrected chi connectivity index (χ0v) is 11.4. The number of para-hydroxylation sites is 2. The van der Waals surface area contributed by atoms with Crippen LogP contribution in [0.4, 0.5) is 10.1 Å². The van der Waals surface area contributed by atoms with Gasteiger partial charge >= 0.3 is 0 Å². The minimum atomic E-state index is -0.760. The van der Waals surface area contributed by atoms with Crippen LogP contribution in [0.25, 0.3) is 0 Å². The van der Waals surface area contributed by atoms with E-state index in [1.165, 1.54) is 6.07 Å². The number of aryl methyl sites for hydroxylation is 1. The van der Waals surface area contributed by atoms with Crippen LogP contribution in [-0.2, 0) is 4.79 Å². The van der Waals surface area contributed by atoms with Gasteiger partial charge in [-0.05, 0) is 36.8 Å². The fourth-order valence-corrected chi connectivity index (χ4v) is 2.04. The van der Waals surface area contributed by atoms with Crippen LogP contribution in [0.3, 0.4) is 0 Å². The number of hydrogen-bond donors (Lipinski definition) is 1. The summed E-state index contributed by atoms with van der Waals surface area (Å²) in [5, 5.41) is 2.63. The van der Waals surface area contributed by atoms with Crippen molar-refractivity contribution >= 4 is 11.6 Å². The Labute approximate surface area is 121 Å². The fourth-order valence-electron chi connectivity index (χ4n) is 2.04. The third-order valence-electron chi connectivity index (χ3n) is 3.24. The highest BCUT2D eigenvalue weighted by Gasteiger charge is 2.27. The number of hydrogen-bond acceptors (Lipinski definition) is 3. The Bertz CT molecular complexity index is 687. The van der Waals surface area contributed by atoms with E-state index in [1.54, 1.807) is 37.3 Å². The Hall–Kier alpha value is -2.56. The minimum absolute atomic E-state index is 0.122. The predicted octanol–water partition coefficient (Wildman–Crippen LogP) is 2.91. The largest absolute Gasteiger partial charge is 0.485 e. The highest BCUT2D eigenvalue weighted by molar-refractivity contribution is 5.94. The molecule has 1 N–H and O–H groups in total. The van der Waals surface area contributed by atoms with Gasteiger partial charge in [0.05, 0.1) is 0 Å². The van der Waals surface area contributed by atoms with Gasteiger partial charge in [0.1, 0.15) is 12.4 Å². The molecule has 21 heavy (non-hydrogen) atoms. The number of nitrogens with one attached hydrogen (secondary N) is 1. The van der Waals surface area contributed by atoms with Crippen molar-refractivity contribution in [2.45, 2.75) is 13.0 Å². The van der Waals surface area contributed by atoms with Crippen LogP contribution in [-0.4, -0.2) is 18.6 Å². The Morgan fingerprint density at radius 3 is 2.76 bits per heavy atom. The highest BCUT2D eigenvalue weighted by Crippen LogP contribution is 2.31. The maximum Gasteiger partial charge on any atom is 0.269 e. The maximum absolute atomic E-state index is 13.5. The van der Waals surface area contributed by atoms with E-state index in [1.807, 2.05) is 6.07 Å². The molecule has 0 saturated heterocycles. The van der Waals surface area contributed by atoms with Crippen molar-refractivity contribution in [1.29, 1.82) is 0 Å². The van der Waals surface area contributed by atoms with Crippen molar-refractivity contribution in [3.8, 4) is 11.5 Å². The predicted molar refractivity (Wildman–Crippen MR) is 76.1 cm³/mol. The SMILES string of the molecule is Cc1ccc(NC(=O)[C@H]2COc3ccccc3O2)cc1F. The lowest BCUT2D eigenvalue weighted by Gasteiger charge is -2.25. The molecule has 0 aliphatic carbocycles. The Balaban J connectivity index is 1.70. The first-order chi connectivity index (χ1) is 10.1. The third kappa shape index (κ3) is 2.81. The third-order valence-corrected chi connectivity index (χ3v) is 3.24. The molecule has 0 aromatic heterocycles. The van der Waals surface area contributed by atoms with Crippen molar-refractivity contribution in [1.82, 2.24) is 0 Å². The molecule has 1 aliphatic heterocycles. The Kier molecular flexibility index (Phi) is 3.48. The summed E-state index contributed by atoms with van der Waals surface area (Å²) in [7, 11) is 0. The van der Waals surface area contributed by atoms with E-state index < -0.39 is 6.10 Å². The van der Waals surface area contributed by atoms with E-state index in [4.69, 9.17) is 9.47 Å². The Morgan fingerprint density at radius 1 is 1.24 bits per heavy atom. The number of benzene rings is 2. The number of amides is 1. The molecule has 4 nitrogen and oxygen atoms in total. The van der Waals surface area contributed by atoms with E-state index in [0.29, 0.717) is 22.7 Å². The monoisotopic (exact) mass is 287 g/mol. The summed E-state index contributed by atoms with van der Waals surface area (Å²) in [4.78, 5) is 12.1. The van der Waals surface area contributed by atoms with Gasteiger partial charge in [0, 0.05) is 5.69 Å². The lowest BCUT2D eigenvalue weighted by atomic mass is 10.2. The number of fused-ring (bicyclic) bond motifs is 1. The van der Waals surface area contributed by atoms with Gasteiger partial charge in [0.15, 0.2) is 11.5 Å². The molecule has 2 aromatic rings. The second kappa shape index (κ2) is 5.44. The van der Waals surface area contributed by atoms with E-state index in [2.05, 4.69) is 5.32 Å². The molecule has 0 fully saturated rings. The van der Waals surface area contributed by atoms with E-state index in [9.17, 15) is 9.18 Å². The number of rotatable bonds is 2. The molecule has 2 aromatic carbocycles. The molecule has 0 spiro atoms. The zero-order valence-electron chi connectivity index (χ0n) is 11.4. The first kappa shape index (κ1) is 13.4. The normalized spacial score (nSPS) is 16.4. The van der Waals surface area contributed by atoms with Crippen molar-refractivity contribution in [2.75, 3.05) is 11.9 Å². The second-order valence-electron chi connectivity index (χ2n) is 4.82. The number of halogens is 1. The molecule has 1 atom stereocenters. The standard InChI is InChI=1S/C16H14FNO3/c1-10-6-7-11(8-12(10)17)18-16(19)15-9-20-13-4-2-3-5-14(13)21-15/h2-8,15H,9H2,1H3,(H,18,19)/t15-/m1/s1. The van der Waals surface area contributed by atoms with Crippen LogP contribution in [0, 0.1) is 12.7 Å². The summed E-state index contributed by atoms with van der Waals surface area (Å²) in [6.45, 7) is 1.78. The minimum Gasteiger partial charge on any atom is -0.485 e. The first-order valence-electron chi connectivity index (χ1n) is 6.59. The van der Waals surface area contributed by atoms with E-state index >= 15 is 0 Å². The van der Waals surface area contributed by atoms with Crippen molar-refractivity contribution in [2.24, 2.45) is 0 Å².